The minimum atomic E-state index is 0.193. The molecule has 0 aliphatic carbocycles. The average molecular weight is 221 g/mol. The number of alkyl halides is 1. The normalized spacial score (nSPS) is 30.2. The Bertz CT molecular complexity index is 155. The van der Waals surface area contributed by atoms with E-state index in [-0.39, 0.29) is 5.41 Å². The molecule has 3 heteroatoms. The molecule has 1 saturated heterocycles. The zero-order valence-electron chi connectivity index (χ0n) is 9.22. The highest BCUT2D eigenvalue weighted by molar-refractivity contribution is 6.18. The van der Waals surface area contributed by atoms with E-state index in [2.05, 4.69) is 6.92 Å². The lowest BCUT2D eigenvalue weighted by Crippen LogP contribution is -2.39. The van der Waals surface area contributed by atoms with Crippen LogP contribution in [0.4, 0.5) is 0 Å². The third-order valence-corrected chi connectivity index (χ3v) is 3.95. The minimum absolute atomic E-state index is 0.193. The van der Waals surface area contributed by atoms with Crippen molar-refractivity contribution in [3.8, 4) is 0 Å². The molecule has 2 unspecified atom stereocenters. The van der Waals surface area contributed by atoms with Gasteiger partial charge in [0.05, 0.1) is 6.61 Å². The number of rotatable bonds is 5. The van der Waals surface area contributed by atoms with Gasteiger partial charge in [0.25, 0.3) is 0 Å². The molecule has 0 aromatic heterocycles. The van der Waals surface area contributed by atoms with E-state index in [0.717, 1.165) is 32.7 Å². The number of methoxy groups -OCH3 is 1. The predicted molar refractivity (Wildman–Crippen MR) is 58.9 cm³/mol. The molecule has 0 aromatic carbocycles. The molecule has 84 valence electrons. The number of hydrogen-bond donors (Lipinski definition) is 0. The van der Waals surface area contributed by atoms with Gasteiger partial charge in [-0.25, -0.2) is 0 Å². The first-order valence-electron chi connectivity index (χ1n) is 5.38. The molecule has 0 amide bonds. The van der Waals surface area contributed by atoms with Crippen molar-refractivity contribution in [2.24, 2.45) is 11.3 Å². The van der Waals surface area contributed by atoms with Crippen LogP contribution in [0.15, 0.2) is 0 Å². The molecule has 1 fully saturated rings. The third kappa shape index (κ3) is 2.85. The molecule has 2 nitrogen and oxygen atoms in total. The second-order valence-corrected chi connectivity index (χ2v) is 4.60. The zero-order chi connectivity index (χ0) is 10.4. The lowest BCUT2D eigenvalue weighted by atomic mass is 9.73. The quantitative estimate of drug-likeness (QED) is 0.664. The van der Waals surface area contributed by atoms with Gasteiger partial charge in [0.2, 0.25) is 0 Å². The Kier molecular flexibility index (Phi) is 5.21. The Hall–Kier alpha value is 0.210. The molecule has 1 rings (SSSR count). The van der Waals surface area contributed by atoms with Gasteiger partial charge in [-0.1, -0.05) is 6.92 Å². The first kappa shape index (κ1) is 12.3. The molecule has 0 N–H and O–H groups in total. The highest BCUT2D eigenvalue weighted by Gasteiger charge is 2.37. The van der Waals surface area contributed by atoms with Gasteiger partial charge in [0.1, 0.15) is 0 Å². The predicted octanol–water partition coefficient (Wildman–Crippen LogP) is 2.69. The van der Waals surface area contributed by atoms with E-state index in [9.17, 15) is 0 Å². The Labute approximate surface area is 91.9 Å². The van der Waals surface area contributed by atoms with E-state index in [1.165, 1.54) is 6.42 Å². The molecule has 2 atom stereocenters. The summed E-state index contributed by atoms with van der Waals surface area (Å²) in [5.41, 5.74) is 0.193. The van der Waals surface area contributed by atoms with Crippen molar-refractivity contribution in [1.82, 2.24) is 0 Å². The van der Waals surface area contributed by atoms with Gasteiger partial charge >= 0.3 is 0 Å². The highest BCUT2D eigenvalue weighted by atomic mass is 35.5. The SMILES string of the molecule is COCCC(C)C1(CCl)CCCOC1. The minimum Gasteiger partial charge on any atom is -0.385 e. The smallest absolute Gasteiger partial charge is 0.0536 e. The van der Waals surface area contributed by atoms with Gasteiger partial charge in [0.15, 0.2) is 0 Å². The van der Waals surface area contributed by atoms with E-state index in [4.69, 9.17) is 21.1 Å². The highest BCUT2D eigenvalue weighted by Crippen LogP contribution is 2.39. The van der Waals surface area contributed by atoms with Crippen molar-refractivity contribution in [2.45, 2.75) is 26.2 Å². The second-order valence-electron chi connectivity index (χ2n) is 4.33. The van der Waals surface area contributed by atoms with Crippen LogP contribution >= 0.6 is 11.6 Å². The van der Waals surface area contributed by atoms with Crippen LogP contribution in [0.25, 0.3) is 0 Å². The van der Waals surface area contributed by atoms with Crippen molar-refractivity contribution in [1.29, 1.82) is 0 Å². The maximum absolute atomic E-state index is 6.09. The van der Waals surface area contributed by atoms with Crippen molar-refractivity contribution in [3.05, 3.63) is 0 Å². The fourth-order valence-electron chi connectivity index (χ4n) is 2.10. The van der Waals surface area contributed by atoms with Crippen LogP contribution in [0.3, 0.4) is 0 Å². The molecule has 14 heavy (non-hydrogen) atoms. The molecule has 0 radical (unpaired) electrons. The van der Waals surface area contributed by atoms with E-state index in [1.807, 2.05) is 0 Å². The first-order valence-corrected chi connectivity index (χ1v) is 5.91. The van der Waals surface area contributed by atoms with Crippen LogP contribution in [-0.2, 0) is 9.47 Å². The fourth-order valence-corrected chi connectivity index (χ4v) is 2.57. The molecular weight excluding hydrogens is 200 g/mol. The summed E-state index contributed by atoms with van der Waals surface area (Å²) < 4.78 is 10.7. The van der Waals surface area contributed by atoms with Crippen molar-refractivity contribution < 1.29 is 9.47 Å². The number of ether oxygens (including phenoxy) is 2. The maximum atomic E-state index is 6.09. The second kappa shape index (κ2) is 5.94. The van der Waals surface area contributed by atoms with E-state index < -0.39 is 0 Å². The molecule has 0 aromatic rings. The summed E-state index contributed by atoms with van der Waals surface area (Å²) in [5, 5.41) is 0. The Morgan fingerprint density at radius 1 is 1.57 bits per heavy atom. The summed E-state index contributed by atoms with van der Waals surface area (Å²) in [6.07, 6.45) is 3.41. The Morgan fingerprint density at radius 2 is 2.36 bits per heavy atom. The van der Waals surface area contributed by atoms with Crippen molar-refractivity contribution in [2.75, 3.05) is 32.8 Å². The van der Waals surface area contributed by atoms with Crippen LogP contribution in [0, 0.1) is 11.3 Å². The molecule has 0 spiro atoms. The summed E-state index contributed by atoms with van der Waals surface area (Å²) in [4.78, 5) is 0. The van der Waals surface area contributed by atoms with Crippen LogP contribution in [-0.4, -0.2) is 32.8 Å². The van der Waals surface area contributed by atoms with Crippen LogP contribution in [0.2, 0.25) is 0 Å². The lowest BCUT2D eigenvalue weighted by molar-refractivity contribution is -0.0310. The number of hydrogen-bond acceptors (Lipinski definition) is 2. The molecule has 1 aliphatic rings. The van der Waals surface area contributed by atoms with E-state index in [0.29, 0.717) is 11.8 Å². The summed E-state index contributed by atoms with van der Waals surface area (Å²) in [6, 6.07) is 0. The topological polar surface area (TPSA) is 18.5 Å². The van der Waals surface area contributed by atoms with Crippen LogP contribution in [0.1, 0.15) is 26.2 Å². The van der Waals surface area contributed by atoms with E-state index >= 15 is 0 Å². The van der Waals surface area contributed by atoms with Gasteiger partial charge in [0, 0.05) is 31.6 Å². The first-order chi connectivity index (χ1) is 6.75. The van der Waals surface area contributed by atoms with E-state index in [1.54, 1.807) is 7.11 Å². The molecule has 1 aliphatic heterocycles. The Morgan fingerprint density at radius 3 is 2.86 bits per heavy atom. The van der Waals surface area contributed by atoms with Gasteiger partial charge in [-0.05, 0) is 25.2 Å². The standard InChI is InChI=1S/C11H21ClO2/c1-10(4-7-13-2)11(8-12)5-3-6-14-9-11/h10H,3-9H2,1-2H3. The zero-order valence-corrected chi connectivity index (χ0v) is 9.98. The Balaban J connectivity index is 2.48. The third-order valence-electron chi connectivity index (χ3n) is 3.42. The molecule has 0 bridgehead atoms. The maximum Gasteiger partial charge on any atom is 0.0536 e. The van der Waals surface area contributed by atoms with Crippen LogP contribution < -0.4 is 0 Å². The lowest BCUT2D eigenvalue weighted by Gasteiger charge is -2.40. The van der Waals surface area contributed by atoms with Gasteiger partial charge in [-0.2, -0.15) is 0 Å². The summed E-state index contributed by atoms with van der Waals surface area (Å²) in [7, 11) is 1.75. The van der Waals surface area contributed by atoms with Crippen molar-refractivity contribution in [3.63, 3.8) is 0 Å². The summed E-state index contributed by atoms with van der Waals surface area (Å²) in [5.74, 6) is 1.29. The summed E-state index contributed by atoms with van der Waals surface area (Å²) >= 11 is 6.09. The van der Waals surface area contributed by atoms with Crippen molar-refractivity contribution >= 4 is 11.6 Å². The largest absolute Gasteiger partial charge is 0.385 e. The molecule has 0 saturated carbocycles. The molecular formula is C11H21ClO2. The van der Waals surface area contributed by atoms with Gasteiger partial charge in [-0.15, -0.1) is 11.6 Å². The number of halogens is 1. The van der Waals surface area contributed by atoms with Crippen LogP contribution in [0.5, 0.6) is 0 Å². The monoisotopic (exact) mass is 220 g/mol. The van der Waals surface area contributed by atoms with Gasteiger partial charge in [-0.3, -0.25) is 0 Å². The fraction of sp³-hybridized carbons (Fsp3) is 1.00. The molecule has 1 heterocycles. The summed E-state index contributed by atoms with van der Waals surface area (Å²) in [6.45, 7) is 4.80. The average Bonchev–Trinajstić information content (AvgIpc) is 2.26. The van der Waals surface area contributed by atoms with Gasteiger partial charge < -0.3 is 9.47 Å².